The average molecular weight is 300 g/mol. The van der Waals surface area contributed by atoms with Gasteiger partial charge in [-0.05, 0) is 11.1 Å². The molecule has 2 aromatic carbocycles. The second kappa shape index (κ2) is 5.51. The van der Waals surface area contributed by atoms with Gasteiger partial charge in [-0.1, -0.05) is 60.7 Å². The van der Waals surface area contributed by atoms with Gasteiger partial charge in [0.15, 0.2) is 0 Å². The van der Waals surface area contributed by atoms with Crippen molar-refractivity contribution in [1.29, 1.82) is 10.5 Å². The first-order valence-electron chi connectivity index (χ1n) is 7.32. The lowest BCUT2D eigenvalue weighted by Crippen LogP contribution is -2.46. The smallest absolute Gasteiger partial charge is 0.116 e. The van der Waals surface area contributed by atoms with Crippen LogP contribution in [0.4, 0.5) is 0 Å². The summed E-state index contributed by atoms with van der Waals surface area (Å²) in [6.07, 6.45) is 0. The minimum Gasteiger partial charge on any atom is -0.384 e. The third-order valence-corrected chi connectivity index (χ3v) is 4.55. The van der Waals surface area contributed by atoms with Crippen LogP contribution < -0.4 is 5.73 Å². The molecule has 0 saturated heterocycles. The second-order valence-corrected chi connectivity index (χ2v) is 5.53. The van der Waals surface area contributed by atoms with Crippen LogP contribution >= 0.6 is 0 Å². The lowest BCUT2D eigenvalue weighted by atomic mass is 9.72. The van der Waals surface area contributed by atoms with Crippen molar-refractivity contribution in [2.75, 3.05) is 7.05 Å². The third kappa shape index (κ3) is 1.89. The van der Waals surface area contributed by atoms with Crippen molar-refractivity contribution in [3.8, 4) is 12.1 Å². The largest absolute Gasteiger partial charge is 0.384 e. The number of benzene rings is 2. The van der Waals surface area contributed by atoms with Crippen LogP contribution in [0.3, 0.4) is 0 Å². The van der Waals surface area contributed by atoms with Crippen LogP contribution in [0.2, 0.25) is 0 Å². The Hall–Kier alpha value is -3.24. The zero-order valence-electron chi connectivity index (χ0n) is 12.8. The molecule has 0 saturated carbocycles. The van der Waals surface area contributed by atoms with E-state index >= 15 is 0 Å². The van der Waals surface area contributed by atoms with Gasteiger partial charge < -0.3 is 10.6 Å². The molecule has 1 unspecified atom stereocenters. The number of hydrogen-bond donors (Lipinski definition) is 1. The van der Waals surface area contributed by atoms with Crippen molar-refractivity contribution < 1.29 is 0 Å². The number of nitrogens with two attached hydrogens (primary N) is 1. The highest BCUT2D eigenvalue weighted by Crippen LogP contribution is 2.50. The topological polar surface area (TPSA) is 76.8 Å². The molecule has 23 heavy (non-hydrogen) atoms. The predicted molar refractivity (Wildman–Crippen MR) is 87.4 cm³/mol. The Balaban J connectivity index is 2.36. The fraction of sp³-hybridized carbons (Fsp3) is 0.158. The van der Waals surface area contributed by atoms with Gasteiger partial charge in [-0.2, -0.15) is 10.5 Å². The zero-order chi connectivity index (χ0) is 16.4. The van der Waals surface area contributed by atoms with E-state index in [2.05, 4.69) is 12.1 Å². The third-order valence-electron chi connectivity index (χ3n) is 4.55. The Kier molecular flexibility index (Phi) is 3.52. The van der Waals surface area contributed by atoms with Crippen molar-refractivity contribution in [2.24, 2.45) is 11.7 Å². The van der Waals surface area contributed by atoms with Crippen LogP contribution in [-0.4, -0.2) is 11.9 Å². The molecule has 0 spiro atoms. The summed E-state index contributed by atoms with van der Waals surface area (Å²) in [6.45, 7) is 0. The molecule has 0 amide bonds. The Bertz CT molecular complexity index is 786. The van der Waals surface area contributed by atoms with E-state index in [1.165, 1.54) is 0 Å². The van der Waals surface area contributed by atoms with E-state index < -0.39 is 11.5 Å². The first-order valence-corrected chi connectivity index (χ1v) is 7.32. The van der Waals surface area contributed by atoms with Crippen LogP contribution in [0.25, 0.3) is 0 Å². The molecule has 4 heteroatoms. The standard InChI is InChI=1S/C19H16N4/c1-23-18(22)16(12-20)17(13-21)19(23,14-8-4-2-5-9-14)15-10-6-3-7-11-15/h2-11,17H,22H2,1H3. The maximum atomic E-state index is 9.84. The van der Waals surface area contributed by atoms with Crippen LogP contribution in [0.15, 0.2) is 72.1 Å². The van der Waals surface area contributed by atoms with Gasteiger partial charge in [0.05, 0.1) is 17.7 Å². The molecule has 112 valence electrons. The van der Waals surface area contributed by atoms with Crippen molar-refractivity contribution in [3.05, 3.63) is 83.2 Å². The molecule has 4 nitrogen and oxygen atoms in total. The van der Waals surface area contributed by atoms with Gasteiger partial charge in [0.1, 0.15) is 17.3 Å². The van der Waals surface area contributed by atoms with Gasteiger partial charge in [-0.25, -0.2) is 0 Å². The summed E-state index contributed by atoms with van der Waals surface area (Å²) in [4.78, 5) is 1.85. The molecule has 2 N–H and O–H groups in total. The van der Waals surface area contributed by atoms with Crippen LogP contribution in [0.1, 0.15) is 11.1 Å². The van der Waals surface area contributed by atoms with E-state index in [4.69, 9.17) is 5.73 Å². The Morgan fingerprint density at radius 3 is 1.83 bits per heavy atom. The lowest BCUT2D eigenvalue weighted by molar-refractivity contribution is 0.207. The Morgan fingerprint density at radius 2 is 1.43 bits per heavy atom. The maximum absolute atomic E-state index is 9.84. The molecule has 2 aromatic rings. The van der Waals surface area contributed by atoms with Crippen LogP contribution in [-0.2, 0) is 5.54 Å². The summed E-state index contributed by atoms with van der Waals surface area (Å²) < 4.78 is 0. The molecule has 1 aliphatic rings. The van der Waals surface area contributed by atoms with Gasteiger partial charge in [0.2, 0.25) is 0 Å². The summed E-state index contributed by atoms with van der Waals surface area (Å²) in [5.41, 5.74) is 7.58. The minimum absolute atomic E-state index is 0.322. The number of rotatable bonds is 2. The first-order chi connectivity index (χ1) is 11.2. The number of hydrogen-bond acceptors (Lipinski definition) is 4. The molecule has 1 heterocycles. The Labute approximate surface area is 135 Å². The number of nitrogens with zero attached hydrogens (tertiary/aromatic N) is 3. The van der Waals surface area contributed by atoms with Crippen molar-refractivity contribution in [2.45, 2.75) is 5.54 Å². The van der Waals surface area contributed by atoms with E-state index in [0.29, 0.717) is 11.4 Å². The van der Waals surface area contributed by atoms with Crippen molar-refractivity contribution in [3.63, 3.8) is 0 Å². The quantitative estimate of drug-likeness (QED) is 0.925. The number of nitriles is 2. The summed E-state index contributed by atoms with van der Waals surface area (Å²) in [5.74, 6) is -0.311. The van der Waals surface area contributed by atoms with Gasteiger partial charge in [-0.15, -0.1) is 0 Å². The summed E-state index contributed by atoms with van der Waals surface area (Å²) in [5, 5.41) is 19.4. The minimum atomic E-state index is -0.799. The highest BCUT2D eigenvalue weighted by Gasteiger charge is 2.54. The zero-order valence-corrected chi connectivity index (χ0v) is 12.8. The van der Waals surface area contributed by atoms with E-state index in [0.717, 1.165) is 11.1 Å². The summed E-state index contributed by atoms with van der Waals surface area (Å²) >= 11 is 0. The average Bonchev–Trinajstić information content (AvgIpc) is 2.84. The Morgan fingerprint density at radius 1 is 0.957 bits per heavy atom. The molecular formula is C19H16N4. The second-order valence-electron chi connectivity index (χ2n) is 5.53. The van der Waals surface area contributed by atoms with Crippen molar-refractivity contribution in [1.82, 2.24) is 4.90 Å². The fourth-order valence-corrected chi connectivity index (χ4v) is 3.47. The molecule has 0 aliphatic carbocycles. The highest BCUT2D eigenvalue weighted by atomic mass is 15.3. The highest BCUT2D eigenvalue weighted by molar-refractivity contribution is 5.53. The van der Waals surface area contributed by atoms with E-state index in [-0.39, 0.29) is 0 Å². The molecule has 0 aromatic heterocycles. The SMILES string of the molecule is CN1C(N)=C(C#N)C(C#N)C1(c1ccccc1)c1ccccc1. The van der Waals surface area contributed by atoms with E-state index in [9.17, 15) is 10.5 Å². The summed E-state index contributed by atoms with van der Waals surface area (Å²) in [7, 11) is 1.84. The summed E-state index contributed by atoms with van der Waals surface area (Å²) in [6, 6.07) is 23.9. The molecule has 1 aliphatic heterocycles. The van der Waals surface area contributed by atoms with E-state index in [1.807, 2.05) is 72.6 Å². The normalized spacial score (nSPS) is 19.3. The lowest BCUT2D eigenvalue weighted by Gasteiger charge is -2.41. The molecular weight excluding hydrogens is 284 g/mol. The molecule has 0 bridgehead atoms. The monoisotopic (exact) mass is 300 g/mol. The molecule has 0 radical (unpaired) electrons. The predicted octanol–water partition coefficient (Wildman–Crippen LogP) is 2.71. The van der Waals surface area contributed by atoms with Crippen LogP contribution in [0, 0.1) is 28.6 Å². The fourth-order valence-electron chi connectivity index (χ4n) is 3.47. The van der Waals surface area contributed by atoms with E-state index in [1.54, 1.807) is 0 Å². The van der Waals surface area contributed by atoms with Crippen molar-refractivity contribution >= 4 is 0 Å². The van der Waals surface area contributed by atoms with Gasteiger partial charge in [0.25, 0.3) is 0 Å². The van der Waals surface area contributed by atoms with Crippen LogP contribution in [0.5, 0.6) is 0 Å². The van der Waals surface area contributed by atoms with Gasteiger partial charge in [-0.3, -0.25) is 0 Å². The molecule has 3 rings (SSSR count). The van der Waals surface area contributed by atoms with Gasteiger partial charge in [0, 0.05) is 7.05 Å². The van der Waals surface area contributed by atoms with Gasteiger partial charge >= 0.3 is 0 Å². The molecule has 1 atom stereocenters. The molecule has 0 fully saturated rings. The first kappa shape index (κ1) is 14.7. The maximum Gasteiger partial charge on any atom is 0.116 e.